The van der Waals surface area contributed by atoms with E-state index in [1.54, 1.807) is 4.90 Å². The van der Waals surface area contributed by atoms with Crippen LogP contribution in [0.4, 0.5) is 0 Å². The third-order valence-electron chi connectivity index (χ3n) is 2.99. The molecule has 2 N–H and O–H groups in total. The summed E-state index contributed by atoms with van der Waals surface area (Å²) < 4.78 is 5.00. The smallest absolute Gasteiger partial charge is 0.307 e. The van der Waals surface area contributed by atoms with E-state index in [4.69, 9.17) is 4.74 Å². The summed E-state index contributed by atoms with van der Waals surface area (Å²) in [5.41, 5.74) is 0. The second-order valence-corrected chi connectivity index (χ2v) is 4.66. The van der Waals surface area contributed by atoms with Crippen LogP contribution in [0.15, 0.2) is 0 Å². The van der Waals surface area contributed by atoms with Gasteiger partial charge in [0.05, 0.1) is 19.6 Å². The van der Waals surface area contributed by atoms with Gasteiger partial charge in [0.15, 0.2) is 0 Å². The Bertz CT molecular complexity index is 360. The molecule has 1 fully saturated rings. The van der Waals surface area contributed by atoms with E-state index in [1.807, 2.05) is 13.8 Å². The Kier molecular flexibility index (Phi) is 7.00. The van der Waals surface area contributed by atoms with Crippen LogP contribution in [0.5, 0.6) is 0 Å². The van der Waals surface area contributed by atoms with Crippen LogP contribution in [0, 0.1) is 0 Å². The van der Waals surface area contributed by atoms with E-state index < -0.39 is 12.0 Å². The molecule has 20 heavy (non-hydrogen) atoms. The van der Waals surface area contributed by atoms with Crippen molar-refractivity contribution in [3.8, 4) is 0 Å². The number of esters is 1. The summed E-state index contributed by atoms with van der Waals surface area (Å²) in [5, 5.41) is 5.40. The molecule has 0 aliphatic carbocycles. The van der Waals surface area contributed by atoms with E-state index in [0.29, 0.717) is 26.2 Å². The zero-order valence-electron chi connectivity index (χ0n) is 12.1. The van der Waals surface area contributed by atoms with Crippen molar-refractivity contribution < 1.29 is 19.1 Å². The maximum atomic E-state index is 11.9. The van der Waals surface area contributed by atoms with Gasteiger partial charge in [0.25, 0.3) is 0 Å². The molecule has 0 spiro atoms. The summed E-state index contributed by atoms with van der Waals surface area (Å²) in [5.74, 6) is -0.780. The molecule has 2 amide bonds. The number of carbonyl (C=O) groups is 3. The van der Waals surface area contributed by atoms with Gasteiger partial charge in [-0.3, -0.25) is 19.3 Å². The van der Waals surface area contributed by atoms with Crippen molar-refractivity contribution in [1.82, 2.24) is 15.5 Å². The minimum atomic E-state index is -0.629. The maximum absolute atomic E-state index is 11.9. The molecule has 1 atom stereocenters. The largest absolute Gasteiger partial charge is 0.466 e. The number of piperazine rings is 1. The van der Waals surface area contributed by atoms with Crippen molar-refractivity contribution in [1.29, 1.82) is 0 Å². The molecule has 0 aromatic rings. The lowest BCUT2D eigenvalue weighted by atomic mass is 10.1. The summed E-state index contributed by atoms with van der Waals surface area (Å²) in [7, 11) is 0. The van der Waals surface area contributed by atoms with Gasteiger partial charge in [0, 0.05) is 19.6 Å². The number of nitrogens with one attached hydrogen (secondary N) is 2. The maximum Gasteiger partial charge on any atom is 0.307 e. The van der Waals surface area contributed by atoms with Crippen molar-refractivity contribution in [3.05, 3.63) is 0 Å². The average Bonchev–Trinajstić information content (AvgIpc) is 2.40. The first kappa shape index (κ1) is 16.4. The van der Waals surface area contributed by atoms with Crippen LogP contribution in [-0.2, 0) is 19.1 Å². The van der Waals surface area contributed by atoms with Crippen molar-refractivity contribution >= 4 is 17.8 Å². The fraction of sp³-hybridized carbons (Fsp3) is 0.769. The molecule has 0 aromatic carbocycles. The predicted molar refractivity (Wildman–Crippen MR) is 72.9 cm³/mol. The quantitative estimate of drug-likeness (QED) is 0.602. The molecule has 0 aromatic heterocycles. The summed E-state index contributed by atoms with van der Waals surface area (Å²) >= 11 is 0. The Hall–Kier alpha value is -1.63. The van der Waals surface area contributed by atoms with Gasteiger partial charge in [-0.1, -0.05) is 6.92 Å². The van der Waals surface area contributed by atoms with Crippen molar-refractivity contribution in [2.45, 2.75) is 32.7 Å². The molecule has 1 rings (SSSR count). The lowest BCUT2D eigenvalue weighted by Gasteiger charge is -2.33. The standard InChI is InChI=1S/C13H23N3O4/c1-3-7-20-12(18)8-10-13(19)15-5-6-16(10)9-11(17)14-4-2/h10H,3-9H2,1-2H3,(H,14,17)(H,15,19). The number of rotatable bonds is 7. The first-order valence-corrected chi connectivity index (χ1v) is 7.02. The second-order valence-electron chi connectivity index (χ2n) is 4.66. The molecule has 1 aliphatic rings. The number of carbonyl (C=O) groups excluding carboxylic acids is 3. The molecule has 1 unspecified atom stereocenters. The SMILES string of the molecule is CCCOC(=O)CC1C(=O)NCCN1CC(=O)NCC. The van der Waals surface area contributed by atoms with Crippen LogP contribution in [0.1, 0.15) is 26.7 Å². The van der Waals surface area contributed by atoms with Crippen LogP contribution in [-0.4, -0.2) is 61.5 Å². The highest BCUT2D eigenvalue weighted by molar-refractivity contribution is 5.88. The van der Waals surface area contributed by atoms with Crippen LogP contribution in [0.3, 0.4) is 0 Å². The van der Waals surface area contributed by atoms with Gasteiger partial charge in [0.1, 0.15) is 6.04 Å². The molecule has 7 nitrogen and oxygen atoms in total. The Morgan fingerprint density at radius 1 is 1.45 bits per heavy atom. The zero-order chi connectivity index (χ0) is 15.0. The highest BCUT2D eigenvalue weighted by atomic mass is 16.5. The number of amides is 2. The average molecular weight is 285 g/mol. The van der Waals surface area contributed by atoms with Crippen LogP contribution < -0.4 is 10.6 Å². The summed E-state index contributed by atoms with van der Waals surface area (Å²) in [4.78, 5) is 36.8. The molecular weight excluding hydrogens is 262 g/mol. The Morgan fingerprint density at radius 3 is 2.85 bits per heavy atom. The fourth-order valence-corrected chi connectivity index (χ4v) is 2.04. The second kappa shape index (κ2) is 8.52. The number of ether oxygens (including phenoxy) is 1. The number of hydrogen-bond acceptors (Lipinski definition) is 5. The third kappa shape index (κ3) is 5.16. The van der Waals surface area contributed by atoms with Gasteiger partial charge in [-0.25, -0.2) is 0 Å². The zero-order valence-corrected chi connectivity index (χ0v) is 12.1. The third-order valence-corrected chi connectivity index (χ3v) is 2.99. The fourth-order valence-electron chi connectivity index (χ4n) is 2.04. The minimum absolute atomic E-state index is 0.0226. The topological polar surface area (TPSA) is 87.7 Å². The van der Waals surface area contributed by atoms with Crippen molar-refractivity contribution in [3.63, 3.8) is 0 Å². The molecule has 0 bridgehead atoms. The number of hydrogen-bond donors (Lipinski definition) is 2. The highest BCUT2D eigenvalue weighted by Crippen LogP contribution is 2.09. The highest BCUT2D eigenvalue weighted by Gasteiger charge is 2.33. The molecule has 0 saturated carbocycles. The summed E-state index contributed by atoms with van der Waals surface area (Å²) in [6.07, 6.45) is 0.719. The Morgan fingerprint density at radius 2 is 2.20 bits per heavy atom. The lowest BCUT2D eigenvalue weighted by Crippen LogP contribution is -2.58. The van der Waals surface area contributed by atoms with Gasteiger partial charge in [0.2, 0.25) is 11.8 Å². The van der Waals surface area contributed by atoms with E-state index in [-0.39, 0.29) is 24.8 Å². The van der Waals surface area contributed by atoms with Gasteiger partial charge in [-0.05, 0) is 13.3 Å². The molecule has 0 radical (unpaired) electrons. The van der Waals surface area contributed by atoms with E-state index >= 15 is 0 Å². The molecular formula is C13H23N3O4. The van der Waals surface area contributed by atoms with Crippen LogP contribution in [0.2, 0.25) is 0 Å². The van der Waals surface area contributed by atoms with E-state index in [9.17, 15) is 14.4 Å². The van der Waals surface area contributed by atoms with E-state index in [2.05, 4.69) is 10.6 Å². The summed E-state index contributed by atoms with van der Waals surface area (Å²) in [6, 6.07) is -0.629. The molecule has 114 valence electrons. The minimum Gasteiger partial charge on any atom is -0.466 e. The molecule has 1 saturated heterocycles. The Labute approximate surface area is 119 Å². The van der Waals surface area contributed by atoms with E-state index in [1.165, 1.54) is 0 Å². The number of likely N-dealkylation sites (N-methyl/N-ethyl adjacent to an activating group) is 1. The predicted octanol–water partition coefficient (Wildman–Crippen LogP) is -0.734. The number of nitrogens with zero attached hydrogens (tertiary/aromatic N) is 1. The molecule has 1 heterocycles. The molecule has 7 heteroatoms. The van der Waals surface area contributed by atoms with E-state index in [0.717, 1.165) is 6.42 Å². The monoisotopic (exact) mass is 285 g/mol. The van der Waals surface area contributed by atoms with Gasteiger partial charge in [-0.15, -0.1) is 0 Å². The first-order valence-electron chi connectivity index (χ1n) is 7.02. The van der Waals surface area contributed by atoms with Crippen LogP contribution >= 0.6 is 0 Å². The normalized spacial score (nSPS) is 19.3. The molecule has 1 aliphatic heterocycles. The first-order chi connectivity index (χ1) is 9.58. The van der Waals surface area contributed by atoms with Gasteiger partial charge in [-0.2, -0.15) is 0 Å². The van der Waals surface area contributed by atoms with Gasteiger partial charge >= 0.3 is 5.97 Å². The van der Waals surface area contributed by atoms with Gasteiger partial charge < -0.3 is 15.4 Å². The Balaban J connectivity index is 2.58. The van der Waals surface area contributed by atoms with Crippen molar-refractivity contribution in [2.24, 2.45) is 0 Å². The lowest BCUT2D eigenvalue weighted by molar-refractivity contribution is -0.149. The summed E-state index contributed by atoms with van der Waals surface area (Å²) in [6.45, 7) is 5.79. The van der Waals surface area contributed by atoms with Crippen molar-refractivity contribution in [2.75, 3.05) is 32.8 Å². The van der Waals surface area contributed by atoms with Crippen LogP contribution in [0.25, 0.3) is 0 Å².